The minimum Gasteiger partial charge on any atom is -0.463 e. The second-order valence-electron chi connectivity index (χ2n) is 11.2. The summed E-state index contributed by atoms with van der Waals surface area (Å²) in [6.07, 6.45) is 9.81. The predicted molar refractivity (Wildman–Crippen MR) is 161 cm³/mol. The lowest BCUT2D eigenvalue weighted by Crippen LogP contribution is -2.55. The zero-order chi connectivity index (χ0) is 30.5. The molecule has 0 radical (unpaired) electrons. The third kappa shape index (κ3) is 6.58. The Morgan fingerprint density at radius 1 is 1.14 bits per heavy atom. The highest BCUT2D eigenvalue weighted by Gasteiger charge is 2.33. The van der Waals surface area contributed by atoms with Gasteiger partial charge in [-0.3, -0.25) is 9.78 Å². The van der Waals surface area contributed by atoms with E-state index in [4.69, 9.17) is 19.4 Å². The first-order valence-corrected chi connectivity index (χ1v) is 15.1. The van der Waals surface area contributed by atoms with Gasteiger partial charge in [-0.15, -0.1) is 0 Å². The topological polar surface area (TPSA) is 108 Å². The van der Waals surface area contributed by atoms with Crippen LogP contribution in [0.4, 0.5) is 20.3 Å². The molecule has 2 fully saturated rings. The molecular formula is C32H35F2N7O3. The fourth-order valence-corrected chi connectivity index (χ4v) is 5.90. The maximum atomic E-state index is 15.0. The first kappa shape index (κ1) is 29.7. The van der Waals surface area contributed by atoms with Crippen molar-refractivity contribution in [3.63, 3.8) is 0 Å². The SMILES string of the molecule is N#CC[C@H]1CN(c2nc(OCCCOC3CC3)nc3c2CCN(c2cncc4cccc(F)c24)C3)CCN1C(=O)/C=C/CF. The number of piperazine rings is 1. The molecule has 230 valence electrons. The van der Waals surface area contributed by atoms with E-state index in [1.165, 1.54) is 18.2 Å². The Morgan fingerprint density at radius 3 is 2.84 bits per heavy atom. The van der Waals surface area contributed by atoms with Crippen LogP contribution in [0.25, 0.3) is 10.8 Å². The van der Waals surface area contributed by atoms with Gasteiger partial charge in [-0.2, -0.15) is 15.2 Å². The van der Waals surface area contributed by atoms with Crippen LogP contribution in [-0.4, -0.2) is 84.0 Å². The van der Waals surface area contributed by atoms with Crippen molar-refractivity contribution < 1.29 is 23.0 Å². The number of nitrogens with zero attached hydrogens (tertiary/aromatic N) is 7. The van der Waals surface area contributed by atoms with Gasteiger partial charge in [-0.05, 0) is 31.4 Å². The normalized spacial score (nSPS) is 18.5. The summed E-state index contributed by atoms with van der Waals surface area (Å²) in [5, 5.41) is 10.8. The van der Waals surface area contributed by atoms with E-state index in [0.29, 0.717) is 76.0 Å². The molecule has 12 heteroatoms. The summed E-state index contributed by atoms with van der Waals surface area (Å²) < 4.78 is 39.4. The number of carbonyl (C=O) groups is 1. The number of hydrogen-bond acceptors (Lipinski definition) is 9. The highest BCUT2D eigenvalue weighted by molar-refractivity contribution is 5.94. The molecule has 1 amide bonds. The van der Waals surface area contributed by atoms with Crippen LogP contribution in [-0.2, 0) is 22.5 Å². The van der Waals surface area contributed by atoms with Crippen LogP contribution >= 0.6 is 0 Å². The highest BCUT2D eigenvalue weighted by atomic mass is 19.1. The molecule has 1 saturated carbocycles. The molecular weight excluding hydrogens is 568 g/mol. The molecule has 0 spiro atoms. The van der Waals surface area contributed by atoms with Gasteiger partial charge in [0.2, 0.25) is 5.91 Å². The number of carbonyl (C=O) groups excluding carboxylic acids is 1. The lowest BCUT2D eigenvalue weighted by Gasteiger charge is -2.42. The monoisotopic (exact) mass is 603 g/mol. The van der Waals surface area contributed by atoms with Gasteiger partial charge in [0.1, 0.15) is 18.3 Å². The Hall–Kier alpha value is -4.37. The summed E-state index contributed by atoms with van der Waals surface area (Å²) in [5.74, 6) is 0.107. The van der Waals surface area contributed by atoms with Crippen LogP contribution in [0, 0.1) is 17.1 Å². The quantitative estimate of drug-likeness (QED) is 0.236. The first-order valence-electron chi connectivity index (χ1n) is 15.1. The van der Waals surface area contributed by atoms with Crippen LogP contribution in [0.1, 0.15) is 36.9 Å². The number of fused-ring (bicyclic) bond motifs is 2. The number of ether oxygens (including phenoxy) is 2. The van der Waals surface area contributed by atoms with Crippen molar-refractivity contribution in [2.75, 3.05) is 55.9 Å². The molecule has 1 aromatic carbocycles. The standard InChI is InChI=1S/C32H35F2N7O3/c33-11-2-6-29(42)41-15-14-40(20-23(41)9-12-35)31-25-10-13-39(28-19-36-18-22-4-1-5-26(34)30(22)28)21-27(25)37-32(38-31)44-17-3-16-43-24-7-8-24/h1-2,4-6,18-19,23-24H,3,7-11,13-17,20-21H2/b6-2+/t23-/m0/s1. The van der Waals surface area contributed by atoms with Crippen molar-refractivity contribution in [2.45, 2.75) is 50.8 Å². The number of nitriles is 1. The van der Waals surface area contributed by atoms with Gasteiger partial charge in [-0.25, -0.2) is 8.78 Å². The summed E-state index contributed by atoms with van der Waals surface area (Å²) in [6.45, 7) is 2.53. The van der Waals surface area contributed by atoms with Crippen molar-refractivity contribution in [3.05, 3.63) is 59.8 Å². The van der Waals surface area contributed by atoms with Crippen molar-refractivity contribution in [1.29, 1.82) is 5.26 Å². The Labute approximate surface area is 254 Å². The fraction of sp³-hybridized carbons (Fsp3) is 0.469. The summed E-state index contributed by atoms with van der Waals surface area (Å²) in [7, 11) is 0. The molecule has 1 saturated heterocycles. The molecule has 2 aliphatic heterocycles. The fourth-order valence-electron chi connectivity index (χ4n) is 5.90. The van der Waals surface area contributed by atoms with Crippen molar-refractivity contribution in [2.24, 2.45) is 0 Å². The number of benzene rings is 1. The summed E-state index contributed by atoms with van der Waals surface area (Å²) in [5.41, 5.74) is 2.45. The van der Waals surface area contributed by atoms with Crippen LogP contribution in [0.2, 0.25) is 0 Å². The van der Waals surface area contributed by atoms with Crippen LogP contribution < -0.4 is 14.5 Å². The second kappa shape index (κ2) is 13.5. The number of amides is 1. The van der Waals surface area contributed by atoms with E-state index in [1.54, 1.807) is 23.4 Å². The number of halogens is 2. The lowest BCUT2D eigenvalue weighted by atomic mass is 10.0. The third-order valence-corrected chi connectivity index (χ3v) is 8.22. The van der Waals surface area contributed by atoms with Crippen molar-refractivity contribution in [1.82, 2.24) is 19.9 Å². The molecule has 44 heavy (non-hydrogen) atoms. The summed E-state index contributed by atoms with van der Waals surface area (Å²) >= 11 is 0. The van der Waals surface area contributed by atoms with Gasteiger partial charge in [0, 0.05) is 61.2 Å². The molecule has 0 unspecified atom stereocenters. The van der Waals surface area contributed by atoms with E-state index < -0.39 is 6.67 Å². The zero-order valence-electron chi connectivity index (χ0n) is 24.5. The molecule has 3 aromatic rings. The van der Waals surface area contributed by atoms with E-state index in [1.807, 2.05) is 6.07 Å². The Balaban J connectivity index is 1.28. The highest BCUT2D eigenvalue weighted by Crippen LogP contribution is 2.35. The number of anilines is 2. The number of allylic oxidation sites excluding steroid dienone is 1. The Bertz CT molecular complexity index is 1570. The molecule has 1 aliphatic carbocycles. The Morgan fingerprint density at radius 2 is 2.02 bits per heavy atom. The minimum absolute atomic E-state index is 0.136. The molecule has 0 bridgehead atoms. The number of pyridine rings is 1. The molecule has 0 N–H and O–H groups in total. The number of hydrogen-bond donors (Lipinski definition) is 0. The molecule has 4 heterocycles. The molecule has 2 aromatic heterocycles. The van der Waals surface area contributed by atoms with E-state index in [2.05, 4.69) is 20.9 Å². The van der Waals surface area contributed by atoms with Gasteiger partial charge in [0.25, 0.3) is 0 Å². The number of alkyl halides is 1. The first-order chi connectivity index (χ1) is 21.6. The van der Waals surface area contributed by atoms with Gasteiger partial charge in [-0.1, -0.05) is 12.1 Å². The van der Waals surface area contributed by atoms with Crippen LogP contribution in [0.15, 0.2) is 42.7 Å². The summed E-state index contributed by atoms with van der Waals surface area (Å²) in [4.78, 5) is 32.5. The van der Waals surface area contributed by atoms with Gasteiger partial charge >= 0.3 is 6.01 Å². The molecule has 1 atom stereocenters. The summed E-state index contributed by atoms with van der Waals surface area (Å²) in [6, 6.07) is 7.03. The van der Waals surface area contributed by atoms with E-state index in [0.717, 1.165) is 35.3 Å². The smallest absolute Gasteiger partial charge is 0.318 e. The van der Waals surface area contributed by atoms with Crippen molar-refractivity contribution >= 4 is 28.2 Å². The van der Waals surface area contributed by atoms with Crippen LogP contribution in [0.3, 0.4) is 0 Å². The van der Waals surface area contributed by atoms with Gasteiger partial charge in [0.15, 0.2) is 0 Å². The van der Waals surface area contributed by atoms with Gasteiger partial charge < -0.3 is 24.2 Å². The van der Waals surface area contributed by atoms with E-state index in [9.17, 15) is 18.8 Å². The minimum atomic E-state index is -0.727. The maximum Gasteiger partial charge on any atom is 0.318 e. The second-order valence-corrected chi connectivity index (χ2v) is 11.2. The van der Waals surface area contributed by atoms with E-state index in [-0.39, 0.29) is 30.2 Å². The average Bonchev–Trinajstić information content (AvgIpc) is 3.87. The molecule has 6 rings (SSSR count). The maximum absolute atomic E-state index is 15.0. The molecule has 10 nitrogen and oxygen atoms in total. The van der Waals surface area contributed by atoms with E-state index >= 15 is 0 Å². The predicted octanol–water partition coefficient (Wildman–Crippen LogP) is 4.13. The van der Waals surface area contributed by atoms with Gasteiger partial charge in [0.05, 0.1) is 62.0 Å². The van der Waals surface area contributed by atoms with Crippen LogP contribution in [0.5, 0.6) is 6.01 Å². The number of aromatic nitrogens is 3. The average molecular weight is 604 g/mol. The van der Waals surface area contributed by atoms with Crippen molar-refractivity contribution in [3.8, 4) is 12.1 Å². The number of rotatable bonds is 11. The Kier molecular flexibility index (Phi) is 9.12. The lowest BCUT2D eigenvalue weighted by molar-refractivity contribution is -0.128. The zero-order valence-corrected chi connectivity index (χ0v) is 24.5. The molecule has 3 aliphatic rings. The third-order valence-electron chi connectivity index (χ3n) is 8.22. The largest absolute Gasteiger partial charge is 0.463 e.